The Balaban J connectivity index is 1.30. The van der Waals surface area contributed by atoms with Gasteiger partial charge in [0.05, 0.1) is 4.91 Å². The molecule has 2 N–H and O–H groups in total. The van der Waals surface area contributed by atoms with Gasteiger partial charge in [-0.05, 0) is 72.8 Å². The third-order valence-corrected chi connectivity index (χ3v) is 6.31. The van der Waals surface area contributed by atoms with E-state index < -0.39 is 23.6 Å². The Morgan fingerprint density at radius 1 is 0.946 bits per heavy atom. The summed E-state index contributed by atoms with van der Waals surface area (Å²) in [5.41, 5.74) is 2.91. The van der Waals surface area contributed by atoms with E-state index in [2.05, 4.69) is 10.6 Å². The van der Waals surface area contributed by atoms with Crippen molar-refractivity contribution in [3.05, 3.63) is 93.9 Å². The highest BCUT2D eigenvalue weighted by Crippen LogP contribution is 2.32. The van der Waals surface area contributed by atoms with Crippen molar-refractivity contribution in [3.8, 4) is 5.75 Å². The number of carbonyl (C=O) groups excluding carboxylic acids is 4. The summed E-state index contributed by atoms with van der Waals surface area (Å²) in [5, 5.41) is 5.30. The van der Waals surface area contributed by atoms with Gasteiger partial charge in [0.2, 0.25) is 5.91 Å². The summed E-state index contributed by atoms with van der Waals surface area (Å²) >= 11 is 6.67. The molecule has 0 aromatic heterocycles. The molecule has 1 saturated heterocycles. The molecular formula is C27H22ClN3O5S. The van der Waals surface area contributed by atoms with E-state index in [0.717, 1.165) is 22.2 Å². The number of carbonyl (C=O) groups is 4. The van der Waals surface area contributed by atoms with Gasteiger partial charge < -0.3 is 15.4 Å². The van der Waals surface area contributed by atoms with E-state index in [9.17, 15) is 19.2 Å². The van der Waals surface area contributed by atoms with E-state index in [1.165, 1.54) is 0 Å². The van der Waals surface area contributed by atoms with Crippen LogP contribution in [0.25, 0.3) is 6.08 Å². The second kappa shape index (κ2) is 11.8. The Morgan fingerprint density at radius 3 is 2.35 bits per heavy atom. The van der Waals surface area contributed by atoms with Gasteiger partial charge in [-0.1, -0.05) is 47.5 Å². The number of rotatable bonds is 8. The fourth-order valence-corrected chi connectivity index (χ4v) is 4.37. The van der Waals surface area contributed by atoms with Crippen LogP contribution in [0, 0.1) is 6.92 Å². The number of aryl methyl sites for hydroxylation is 1. The lowest BCUT2D eigenvalue weighted by Crippen LogP contribution is -2.36. The minimum absolute atomic E-state index is 0.163. The molecule has 0 saturated carbocycles. The first kappa shape index (κ1) is 26.0. The van der Waals surface area contributed by atoms with Crippen LogP contribution < -0.4 is 15.4 Å². The molecular weight excluding hydrogens is 514 g/mol. The molecule has 10 heteroatoms. The Hall–Kier alpha value is -4.08. The van der Waals surface area contributed by atoms with E-state index in [4.69, 9.17) is 16.3 Å². The van der Waals surface area contributed by atoms with E-state index >= 15 is 0 Å². The summed E-state index contributed by atoms with van der Waals surface area (Å²) in [6.45, 7) is 1.39. The number of imide groups is 1. The minimum atomic E-state index is -0.552. The number of halogens is 1. The summed E-state index contributed by atoms with van der Waals surface area (Å²) in [6.07, 6.45) is 1.56. The zero-order valence-corrected chi connectivity index (χ0v) is 21.3. The van der Waals surface area contributed by atoms with Gasteiger partial charge in [0, 0.05) is 16.4 Å². The molecule has 3 aromatic rings. The predicted octanol–water partition coefficient (Wildman–Crippen LogP) is 5.34. The van der Waals surface area contributed by atoms with Crippen molar-refractivity contribution in [3.63, 3.8) is 0 Å². The molecule has 37 heavy (non-hydrogen) atoms. The normalized spacial score (nSPS) is 14.1. The highest BCUT2D eigenvalue weighted by Gasteiger charge is 2.36. The van der Waals surface area contributed by atoms with E-state index in [1.807, 2.05) is 31.2 Å². The molecule has 4 amide bonds. The van der Waals surface area contributed by atoms with Gasteiger partial charge in [-0.3, -0.25) is 24.1 Å². The number of nitrogens with zero attached hydrogens (tertiary/aromatic N) is 1. The molecule has 3 aromatic carbocycles. The number of nitrogens with one attached hydrogen (secondary N) is 2. The summed E-state index contributed by atoms with van der Waals surface area (Å²) in [4.78, 5) is 50.6. The van der Waals surface area contributed by atoms with Crippen LogP contribution in [0.2, 0.25) is 5.02 Å². The first-order chi connectivity index (χ1) is 17.8. The van der Waals surface area contributed by atoms with Crippen molar-refractivity contribution in [2.45, 2.75) is 6.92 Å². The summed E-state index contributed by atoms with van der Waals surface area (Å²) < 4.78 is 5.52. The van der Waals surface area contributed by atoms with Gasteiger partial charge in [-0.15, -0.1) is 0 Å². The quantitative estimate of drug-likeness (QED) is 0.377. The summed E-state index contributed by atoms with van der Waals surface area (Å²) in [6, 6.07) is 20.7. The average molecular weight is 536 g/mol. The first-order valence-corrected chi connectivity index (χ1v) is 12.4. The van der Waals surface area contributed by atoms with Crippen LogP contribution in [0.5, 0.6) is 5.75 Å². The van der Waals surface area contributed by atoms with Crippen LogP contribution in [-0.2, 0) is 14.4 Å². The second-order valence-electron chi connectivity index (χ2n) is 8.10. The molecule has 8 nitrogen and oxygen atoms in total. The molecule has 1 fully saturated rings. The standard InChI is InChI=1S/C27H22ClN3O5S/c1-17-5-9-20(10-6-17)29-25(33)16-36-22-11-7-18(8-12-22)13-23-26(34)31(27(35)37-23)15-24(32)30-21-4-2-3-19(28)14-21/h2-14H,15-16H2,1H3,(H,29,33)(H,30,32)/b23-13+. The first-order valence-electron chi connectivity index (χ1n) is 11.2. The molecule has 4 rings (SSSR count). The number of thioether (sulfide) groups is 1. The Bertz CT molecular complexity index is 1370. The van der Waals surface area contributed by atoms with Gasteiger partial charge in [0.25, 0.3) is 17.1 Å². The largest absolute Gasteiger partial charge is 0.484 e. The Morgan fingerprint density at radius 2 is 1.65 bits per heavy atom. The summed E-state index contributed by atoms with van der Waals surface area (Å²) in [5.74, 6) is -0.883. The van der Waals surface area contributed by atoms with Crippen LogP contribution in [0.1, 0.15) is 11.1 Å². The number of anilines is 2. The van der Waals surface area contributed by atoms with E-state index in [1.54, 1.807) is 54.6 Å². The smallest absolute Gasteiger partial charge is 0.294 e. The van der Waals surface area contributed by atoms with Crippen LogP contribution in [0.15, 0.2) is 77.7 Å². The highest BCUT2D eigenvalue weighted by atomic mass is 35.5. The van der Waals surface area contributed by atoms with Gasteiger partial charge in [0.15, 0.2) is 6.61 Å². The number of hydrogen-bond donors (Lipinski definition) is 2. The molecule has 0 radical (unpaired) electrons. The maximum atomic E-state index is 12.7. The molecule has 0 aliphatic carbocycles. The van der Waals surface area contributed by atoms with Crippen molar-refractivity contribution in [1.82, 2.24) is 4.90 Å². The number of hydrogen-bond acceptors (Lipinski definition) is 6. The maximum absolute atomic E-state index is 12.7. The maximum Gasteiger partial charge on any atom is 0.294 e. The topological polar surface area (TPSA) is 105 Å². The summed E-state index contributed by atoms with van der Waals surface area (Å²) in [7, 11) is 0. The average Bonchev–Trinajstić information content (AvgIpc) is 3.12. The highest BCUT2D eigenvalue weighted by molar-refractivity contribution is 8.18. The zero-order chi connectivity index (χ0) is 26.4. The zero-order valence-electron chi connectivity index (χ0n) is 19.7. The van der Waals surface area contributed by atoms with Crippen molar-refractivity contribution < 1.29 is 23.9 Å². The molecule has 0 spiro atoms. The van der Waals surface area contributed by atoms with Crippen LogP contribution in [0.3, 0.4) is 0 Å². The van der Waals surface area contributed by atoms with Crippen molar-refractivity contribution in [2.24, 2.45) is 0 Å². The molecule has 1 aliphatic heterocycles. The minimum Gasteiger partial charge on any atom is -0.484 e. The molecule has 1 heterocycles. The predicted molar refractivity (Wildman–Crippen MR) is 145 cm³/mol. The van der Waals surface area contributed by atoms with E-state index in [-0.39, 0.29) is 17.4 Å². The fraction of sp³-hybridized carbons (Fsp3) is 0.111. The molecule has 0 bridgehead atoms. The third kappa shape index (κ3) is 7.22. The lowest BCUT2D eigenvalue weighted by molar-refractivity contribution is -0.127. The molecule has 0 unspecified atom stereocenters. The Labute approximate surface area is 222 Å². The van der Waals surface area contributed by atoms with Gasteiger partial charge in [0.1, 0.15) is 12.3 Å². The molecule has 0 atom stereocenters. The number of amides is 4. The van der Waals surface area contributed by atoms with Crippen LogP contribution in [-0.4, -0.2) is 41.0 Å². The fourth-order valence-electron chi connectivity index (χ4n) is 3.34. The van der Waals surface area contributed by atoms with Gasteiger partial charge in [-0.25, -0.2) is 0 Å². The molecule has 1 aliphatic rings. The monoisotopic (exact) mass is 535 g/mol. The number of ether oxygens (including phenoxy) is 1. The second-order valence-corrected chi connectivity index (χ2v) is 9.53. The van der Waals surface area contributed by atoms with Gasteiger partial charge >= 0.3 is 0 Å². The number of benzene rings is 3. The lowest BCUT2D eigenvalue weighted by atomic mass is 10.2. The Kier molecular flexibility index (Phi) is 8.27. The molecule has 188 valence electrons. The van der Waals surface area contributed by atoms with Crippen molar-refractivity contribution in [1.29, 1.82) is 0 Å². The SMILES string of the molecule is Cc1ccc(NC(=O)COc2ccc(/C=C3/SC(=O)N(CC(=O)Nc4cccc(Cl)c4)C3=O)cc2)cc1. The van der Waals surface area contributed by atoms with Crippen LogP contribution >= 0.6 is 23.4 Å². The van der Waals surface area contributed by atoms with Crippen molar-refractivity contribution >= 4 is 63.8 Å². The lowest BCUT2D eigenvalue weighted by Gasteiger charge is -2.12. The van der Waals surface area contributed by atoms with Crippen molar-refractivity contribution in [2.75, 3.05) is 23.8 Å². The van der Waals surface area contributed by atoms with Gasteiger partial charge in [-0.2, -0.15) is 0 Å². The van der Waals surface area contributed by atoms with E-state index in [0.29, 0.717) is 27.7 Å². The van der Waals surface area contributed by atoms with Crippen LogP contribution in [0.4, 0.5) is 16.2 Å². The third-order valence-electron chi connectivity index (χ3n) is 5.17.